The van der Waals surface area contributed by atoms with Crippen molar-refractivity contribution in [1.29, 1.82) is 0 Å². The Morgan fingerprint density at radius 3 is 2.24 bits per heavy atom. The Morgan fingerprint density at radius 1 is 0.947 bits per heavy atom. The van der Waals surface area contributed by atoms with Crippen LogP contribution in [0.1, 0.15) is 40.0 Å². The molecule has 1 heterocycles. The number of aromatic hydroxyl groups is 1. The van der Waals surface area contributed by atoms with Gasteiger partial charge in [0.05, 0.1) is 43.6 Å². The average molecular weight is 518 g/mol. The molecule has 0 radical (unpaired) electrons. The number of likely N-dealkylation sites (tertiary alicyclic amines) is 1. The maximum Gasteiger partial charge on any atom is 0.338 e. The molecule has 2 N–H and O–H groups in total. The van der Waals surface area contributed by atoms with Gasteiger partial charge < -0.3 is 29.3 Å². The first kappa shape index (κ1) is 26.3. The number of aliphatic hydroxyl groups is 1. The summed E-state index contributed by atoms with van der Waals surface area (Å²) in [5, 5.41) is 21.2. The number of nitrogens with zero attached hydrogens (tertiary/aromatic N) is 1. The van der Waals surface area contributed by atoms with E-state index in [4.69, 9.17) is 14.2 Å². The van der Waals surface area contributed by atoms with Crippen molar-refractivity contribution in [1.82, 2.24) is 4.90 Å². The molecule has 1 aliphatic rings. The highest BCUT2D eigenvalue weighted by Gasteiger charge is 2.46. The number of Topliss-reactive ketones (excluding diaryl/α,β-unsaturated/α-hetero) is 1. The molecule has 1 saturated heterocycles. The first-order valence-electron chi connectivity index (χ1n) is 11.8. The van der Waals surface area contributed by atoms with Gasteiger partial charge in [0.2, 0.25) is 0 Å². The van der Waals surface area contributed by atoms with Crippen LogP contribution in [0.25, 0.3) is 5.76 Å². The van der Waals surface area contributed by atoms with Gasteiger partial charge >= 0.3 is 5.97 Å². The second-order valence-electron chi connectivity index (χ2n) is 8.50. The van der Waals surface area contributed by atoms with E-state index in [1.165, 1.54) is 31.3 Å². The Labute approximate surface area is 219 Å². The molecular formula is C29H27NO8. The number of hydrogen-bond donors (Lipinski definition) is 2. The Hall–Kier alpha value is -4.79. The number of ether oxygens (including phenoxy) is 3. The highest BCUT2D eigenvalue weighted by Crippen LogP contribution is 2.42. The van der Waals surface area contributed by atoms with Gasteiger partial charge in [-0.05, 0) is 54.4 Å². The van der Waals surface area contributed by atoms with E-state index in [0.29, 0.717) is 22.4 Å². The third-order valence-corrected chi connectivity index (χ3v) is 6.23. The monoisotopic (exact) mass is 517 g/mol. The van der Waals surface area contributed by atoms with E-state index < -0.39 is 29.5 Å². The number of carbonyl (C=O) groups is 3. The quantitative estimate of drug-likeness (QED) is 0.197. The first-order chi connectivity index (χ1) is 18.3. The van der Waals surface area contributed by atoms with Crippen LogP contribution in [0.3, 0.4) is 0 Å². The van der Waals surface area contributed by atoms with Gasteiger partial charge in [0.15, 0.2) is 0 Å². The molecule has 0 bridgehead atoms. The largest absolute Gasteiger partial charge is 0.508 e. The number of rotatable bonds is 8. The maximum atomic E-state index is 13.3. The SMILES string of the molecule is CCOC(=O)c1ccc(CN2C(=O)C(=O)/C(=C(\O)c3ccc(OC)cc3OC)C2c2ccc(O)cc2)cc1. The molecule has 9 heteroatoms. The lowest BCUT2D eigenvalue weighted by molar-refractivity contribution is -0.140. The maximum absolute atomic E-state index is 13.3. The van der Waals surface area contributed by atoms with Crippen LogP contribution in [0.4, 0.5) is 0 Å². The van der Waals surface area contributed by atoms with Gasteiger partial charge in [-0.1, -0.05) is 24.3 Å². The predicted octanol–water partition coefficient (Wildman–Crippen LogP) is 4.21. The van der Waals surface area contributed by atoms with Gasteiger partial charge in [0, 0.05) is 12.6 Å². The summed E-state index contributed by atoms with van der Waals surface area (Å²) in [4.78, 5) is 39.9. The molecule has 1 amide bonds. The highest BCUT2D eigenvalue weighted by molar-refractivity contribution is 6.46. The van der Waals surface area contributed by atoms with Crippen LogP contribution in [0.15, 0.2) is 72.3 Å². The zero-order valence-corrected chi connectivity index (χ0v) is 21.1. The van der Waals surface area contributed by atoms with Crippen molar-refractivity contribution in [2.75, 3.05) is 20.8 Å². The number of hydrogen-bond acceptors (Lipinski definition) is 8. The summed E-state index contributed by atoms with van der Waals surface area (Å²) >= 11 is 0. The summed E-state index contributed by atoms with van der Waals surface area (Å²) in [7, 11) is 2.91. The Morgan fingerprint density at radius 2 is 1.63 bits per heavy atom. The van der Waals surface area contributed by atoms with Crippen molar-refractivity contribution >= 4 is 23.4 Å². The van der Waals surface area contributed by atoms with Crippen LogP contribution in [0.5, 0.6) is 17.2 Å². The third kappa shape index (κ3) is 5.04. The minimum absolute atomic E-state index is 0.0112. The molecule has 1 unspecified atom stereocenters. The van der Waals surface area contributed by atoms with E-state index in [1.807, 2.05) is 0 Å². The van der Waals surface area contributed by atoms with E-state index in [1.54, 1.807) is 61.5 Å². The standard InChI is InChI=1S/C29H27NO8/c1-4-38-29(35)19-7-5-17(6-8-19)16-30-25(18-9-11-20(31)12-10-18)24(27(33)28(30)34)26(32)22-14-13-21(36-2)15-23(22)37-3/h5-15,25,31-32H,4,16H2,1-3H3/b26-24-. The van der Waals surface area contributed by atoms with Gasteiger partial charge in [0.25, 0.3) is 11.7 Å². The predicted molar refractivity (Wildman–Crippen MR) is 138 cm³/mol. The molecule has 4 rings (SSSR count). The lowest BCUT2D eigenvalue weighted by Crippen LogP contribution is -2.29. The smallest absolute Gasteiger partial charge is 0.338 e. The van der Waals surface area contributed by atoms with Gasteiger partial charge in [-0.3, -0.25) is 9.59 Å². The van der Waals surface area contributed by atoms with Crippen LogP contribution in [0.2, 0.25) is 0 Å². The average Bonchev–Trinajstić information content (AvgIpc) is 3.18. The van der Waals surface area contributed by atoms with Crippen LogP contribution in [-0.4, -0.2) is 53.6 Å². The van der Waals surface area contributed by atoms with Gasteiger partial charge in [-0.15, -0.1) is 0 Å². The third-order valence-electron chi connectivity index (χ3n) is 6.23. The molecule has 3 aromatic carbocycles. The molecule has 9 nitrogen and oxygen atoms in total. The van der Waals surface area contributed by atoms with E-state index >= 15 is 0 Å². The van der Waals surface area contributed by atoms with Crippen LogP contribution >= 0.6 is 0 Å². The number of ketones is 1. The van der Waals surface area contributed by atoms with Crippen molar-refractivity contribution in [2.45, 2.75) is 19.5 Å². The molecular weight excluding hydrogens is 490 g/mol. The summed E-state index contributed by atoms with van der Waals surface area (Å²) in [6.07, 6.45) is 0. The number of phenols is 1. The summed E-state index contributed by atoms with van der Waals surface area (Å²) < 4.78 is 15.6. The molecule has 3 aromatic rings. The number of carbonyl (C=O) groups excluding carboxylic acids is 3. The second kappa shape index (κ2) is 11.1. The van der Waals surface area contributed by atoms with Crippen molar-refractivity contribution in [3.05, 3.63) is 94.6 Å². The Kier molecular flexibility index (Phi) is 7.66. The molecule has 1 fully saturated rings. The van der Waals surface area contributed by atoms with E-state index in [9.17, 15) is 24.6 Å². The lowest BCUT2D eigenvalue weighted by atomic mass is 9.94. The van der Waals surface area contributed by atoms with Crippen LogP contribution < -0.4 is 9.47 Å². The van der Waals surface area contributed by atoms with Gasteiger partial charge in [0.1, 0.15) is 23.0 Å². The number of amides is 1. The fraction of sp³-hybridized carbons (Fsp3) is 0.207. The molecule has 0 aromatic heterocycles. The Bertz CT molecular complexity index is 1390. The van der Waals surface area contributed by atoms with Gasteiger partial charge in [-0.25, -0.2) is 4.79 Å². The number of methoxy groups -OCH3 is 2. The van der Waals surface area contributed by atoms with Crippen molar-refractivity contribution in [2.24, 2.45) is 0 Å². The summed E-state index contributed by atoms with van der Waals surface area (Å²) in [6, 6.07) is 16.3. The zero-order chi connectivity index (χ0) is 27.4. The number of aliphatic hydroxyl groups excluding tert-OH is 1. The number of esters is 1. The normalized spacial score (nSPS) is 16.4. The Balaban J connectivity index is 1.80. The van der Waals surface area contributed by atoms with Crippen molar-refractivity contribution in [3.63, 3.8) is 0 Å². The van der Waals surface area contributed by atoms with E-state index in [2.05, 4.69) is 0 Å². The summed E-state index contributed by atoms with van der Waals surface area (Å²) in [6.45, 7) is 1.99. The second-order valence-corrected chi connectivity index (χ2v) is 8.50. The van der Waals surface area contributed by atoms with Crippen molar-refractivity contribution in [3.8, 4) is 17.2 Å². The summed E-state index contributed by atoms with van der Waals surface area (Å²) in [5.41, 5.74) is 1.63. The van der Waals surface area contributed by atoms with Gasteiger partial charge in [-0.2, -0.15) is 0 Å². The minimum atomic E-state index is -0.952. The molecule has 196 valence electrons. The zero-order valence-electron chi connectivity index (χ0n) is 21.1. The molecule has 0 saturated carbocycles. The molecule has 1 aliphatic heterocycles. The minimum Gasteiger partial charge on any atom is -0.508 e. The highest BCUT2D eigenvalue weighted by atomic mass is 16.5. The van der Waals surface area contributed by atoms with E-state index in [-0.39, 0.29) is 35.8 Å². The molecule has 1 atom stereocenters. The lowest BCUT2D eigenvalue weighted by Gasteiger charge is -2.25. The van der Waals surface area contributed by atoms with Crippen LogP contribution in [-0.2, 0) is 20.9 Å². The topological polar surface area (TPSA) is 123 Å². The molecule has 0 spiro atoms. The summed E-state index contributed by atoms with van der Waals surface area (Å²) in [5.74, 6) is -1.77. The fourth-order valence-corrected chi connectivity index (χ4v) is 4.34. The number of phenolic OH excluding ortho intramolecular Hbond substituents is 1. The van der Waals surface area contributed by atoms with Crippen LogP contribution in [0, 0.1) is 0 Å². The number of benzene rings is 3. The molecule has 0 aliphatic carbocycles. The molecule has 38 heavy (non-hydrogen) atoms. The first-order valence-corrected chi connectivity index (χ1v) is 11.8. The fourth-order valence-electron chi connectivity index (χ4n) is 4.34. The van der Waals surface area contributed by atoms with E-state index in [0.717, 1.165) is 0 Å². The van der Waals surface area contributed by atoms with Crippen molar-refractivity contribution < 1.29 is 38.8 Å².